The molecule has 1 heterocycles. The van der Waals surface area contributed by atoms with Crippen LogP contribution in [0.2, 0.25) is 0 Å². The van der Waals surface area contributed by atoms with E-state index in [1.807, 2.05) is 73.7 Å². The predicted molar refractivity (Wildman–Crippen MR) is 116 cm³/mol. The molecule has 0 N–H and O–H groups in total. The van der Waals surface area contributed by atoms with Crippen LogP contribution in [0.4, 0.5) is 0 Å². The second-order valence-corrected chi connectivity index (χ2v) is 6.93. The Bertz CT molecular complexity index is 1130. The number of oxime groups is 1. The fourth-order valence-electron chi connectivity index (χ4n) is 3.24. The Labute approximate surface area is 175 Å². The lowest BCUT2D eigenvalue weighted by molar-refractivity contribution is -0.136. The maximum atomic E-state index is 12.2. The standard InChI is InChI=1S/C25H21NO4/c1-17-7-6-8-19(13-17)16-29-22-12-11-18(15-23(22)28-2)14-21-24(26-30-25(21)27)20-9-4-3-5-10-20/h3-15H,16H2,1-2H3. The maximum Gasteiger partial charge on any atom is 0.368 e. The minimum Gasteiger partial charge on any atom is -0.493 e. The Kier molecular flexibility index (Phi) is 5.61. The molecular formula is C25H21NO4. The summed E-state index contributed by atoms with van der Waals surface area (Å²) in [6.45, 7) is 2.49. The van der Waals surface area contributed by atoms with Crippen molar-refractivity contribution >= 4 is 17.8 Å². The first-order valence-electron chi connectivity index (χ1n) is 9.57. The van der Waals surface area contributed by atoms with Crippen molar-refractivity contribution in [2.24, 2.45) is 5.16 Å². The first-order valence-corrected chi connectivity index (χ1v) is 9.57. The number of nitrogens with zero attached hydrogens (tertiary/aromatic N) is 1. The first kappa shape index (κ1) is 19.5. The van der Waals surface area contributed by atoms with Crippen molar-refractivity contribution in [3.8, 4) is 11.5 Å². The smallest absolute Gasteiger partial charge is 0.368 e. The van der Waals surface area contributed by atoms with E-state index in [4.69, 9.17) is 14.3 Å². The van der Waals surface area contributed by atoms with Crippen molar-refractivity contribution in [2.75, 3.05) is 7.11 Å². The number of carbonyl (C=O) groups excluding carboxylic acids is 1. The molecule has 0 fully saturated rings. The summed E-state index contributed by atoms with van der Waals surface area (Å²) >= 11 is 0. The number of benzene rings is 3. The van der Waals surface area contributed by atoms with Gasteiger partial charge in [0.1, 0.15) is 12.3 Å². The molecule has 0 aliphatic carbocycles. The molecule has 1 aliphatic heterocycles. The molecule has 3 aromatic carbocycles. The van der Waals surface area contributed by atoms with Gasteiger partial charge in [0.15, 0.2) is 11.5 Å². The molecule has 0 atom stereocenters. The molecule has 0 aromatic heterocycles. The first-order chi connectivity index (χ1) is 14.6. The summed E-state index contributed by atoms with van der Waals surface area (Å²) in [5, 5.41) is 3.94. The lowest BCUT2D eigenvalue weighted by Gasteiger charge is -2.12. The largest absolute Gasteiger partial charge is 0.493 e. The molecule has 5 nitrogen and oxygen atoms in total. The van der Waals surface area contributed by atoms with Gasteiger partial charge in [-0.05, 0) is 36.3 Å². The Morgan fingerprint density at radius 3 is 2.57 bits per heavy atom. The lowest BCUT2D eigenvalue weighted by Crippen LogP contribution is -2.06. The number of hydrogen-bond donors (Lipinski definition) is 0. The summed E-state index contributed by atoms with van der Waals surface area (Å²) in [6.07, 6.45) is 1.74. The topological polar surface area (TPSA) is 57.1 Å². The van der Waals surface area contributed by atoms with Crippen LogP contribution in [0.1, 0.15) is 22.3 Å². The van der Waals surface area contributed by atoms with Gasteiger partial charge in [-0.3, -0.25) is 0 Å². The molecule has 3 aromatic rings. The lowest BCUT2D eigenvalue weighted by atomic mass is 10.0. The van der Waals surface area contributed by atoms with Crippen molar-refractivity contribution in [1.29, 1.82) is 0 Å². The van der Waals surface area contributed by atoms with Crippen LogP contribution in [-0.4, -0.2) is 18.8 Å². The van der Waals surface area contributed by atoms with Gasteiger partial charge >= 0.3 is 5.97 Å². The Morgan fingerprint density at radius 2 is 1.80 bits per heavy atom. The number of carbonyl (C=O) groups is 1. The number of rotatable bonds is 6. The van der Waals surface area contributed by atoms with Gasteiger partial charge in [0.25, 0.3) is 0 Å². The monoisotopic (exact) mass is 399 g/mol. The highest BCUT2D eigenvalue weighted by atomic mass is 16.7. The van der Waals surface area contributed by atoms with Crippen LogP contribution in [0.5, 0.6) is 11.5 Å². The van der Waals surface area contributed by atoms with Crippen molar-refractivity contribution < 1.29 is 19.1 Å². The van der Waals surface area contributed by atoms with Crippen LogP contribution >= 0.6 is 0 Å². The van der Waals surface area contributed by atoms with Gasteiger partial charge in [-0.25, -0.2) is 4.79 Å². The molecule has 0 spiro atoms. The van der Waals surface area contributed by atoms with Gasteiger partial charge in [0.05, 0.1) is 12.7 Å². The van der Waals surface area contributed by atoms with E-state index in [0.29, 0.717) is 29.4 Å². The fraction of sp³-hybridized carbons (Fsp3) is 0.120. The van der Waals surface area contributed by atoms with E-state index in [1.165, 1.54) is 5.56 Å². The number of aryl methyl sites for hydroxylation is 1. The predicted octanol–water partition coefficient (Wildman–Crippen LogP) is 4.93. The Hall–Kier alpha value is -3.86. The van der Waals surface area contributed by atoms with E-state index >= 15 is 0 Å². The molecule has 0 radical (unpaired) electrons. The van der Waals surface area contributed by atoms with E-state index in [0.717, 1.165) is 16.7 Å². The van der Waals surface area contributed by atoms with E-state index in [2.05, 4.69) is 11.2 Å². The van der Waals surface area contributed by atoms with Crippen LogP contribution in [0.3, 0.4) is 0 Å². The van der Waals surface area contributed by atoms with Gasteiger partial charge < -0.3 is 14.3 Å². The van der Waals surface area contributed by atoms with E-state index in [1.54, 1.807) is 13.2 Å². The van der Waals surface area contributed by atoms with Gasteiger partial charge in [0, 0.05) is 5.56 Å². The molecule has 4 rings (SSSR count). The van der Waals surface area contributed by atoms with Crippen molar-refractivity contribution in [3.63, 3.8) is 0 Å². The molecule has 1 aliphatic rings. The SMILES string of the molecule is COc1cc(C=C2C(=O)ON=C2c2ccccc2)ccc1OCc1cccc(C)c1. The molecular weight excluding hydrogens is 378 g/mol. The number of ether oxygens (including phenoxy) is 2. The maximum absolute atomic E-state index is 12.2. The fourth-order valence-corrected chi connectivity index (χ4v) is 3.24. The average Bonchev–Trinajstić information content (AvgIpc) is 3.13. The third-order valence-electron chi connectivity index (χ3n) is 4.72. The average molecular weight is 399 g/mol. The second kappa shape index (κ2) is 8.66. The van der Waals surface area contributed by atoms with Gasteiger partial charge in [-0.15, -0.1) is 0 Å². The quantitative estimate of drug-likeness (QED) is 0.436. The molecule has 0 unspecified atom stereocenters. The van der Waals surface area contributed by atoms with E-state index < -0.39 is 5.97 Å². The molecule has 0 amide bonds. The summed E-state index contributed by atoms with van der Waals surface area (Å²) in [7, 11) is 1.59. The Balaban J connectivity index is 1.57. The summed E-state index contributed by atoms with van der Waals surface area (Å²) in [5.41, 5.74) is 4.79. The molecule has 30 heavy (non-hydrogen) atoms. The highest BCUT2D eigenvalue weighted by molar-refractivity contribution is 6.31. The van der Waals surface area contributed by atoms with Crippen molar-refractivity contribution in [3.05, 3.63) is 101 Å². The van der Waals surface area contributed by atoms with E-state index in [9.17, 15) is 4.79 Å². The minimum atomic E-state index is -0.479. The van der Waals surface area contributed by atoms with Crippen LogP contribution < -0.4 is 9.47 Å². The highest BCUT2D eigenvalue weighted by Gasteiger charge is 2.26. The van der Waals surface area contributed by atoms with Crippen LogP contribution in [-0.2, 0) is 16.2 Å². The molecule has 0 saturated carbocycles. The summed E-state index contributed by atoms with van der Waals surface area (Å²) in [4.78, 5) is 17.1. The van der Waals surface area contributed by atoms with Crippen molar-refractivity contribution in [2.45, 2.75) is 13.5 Å². The molecule has 150 valence electrons. The second-order valence-electron chi connectivity index (χ2n) is 6.93. The van der Waals surface area contributed by atoms with Crippen LogP contribution in [0, 0.1) is 6.92 Å². The number of hydrogen-bond acceptors (Lipinski definition) is 5. The normalized spacial score (nSPS) is 14.4. The van der Waals surface area contributed by atoms with Crippen LogP contribution in [0.25, 0.3) is 6.08 Å². The third kappa shape index (κ3) is 4.25. The van der Waals surface area contributed by atoms with Gasteiger partial charge in [0.2, 0.25) is 0 Å². The highest BCUT2D eigenvalue weighted by Crippen LogP contribution is 2.30. The zero-order chi connectivity index (χ0) is 20.9. The number of methoxy groups -OCH3 is 1. The summed E-state index contributed by atoms with van der Waals surface area (Å²) in [5.74, 6) is 0.737. The minimum absolute atomic E-state index is 0.400. The Morgan fingerprint density at radius 1 is 0.967 bits per heavy atom. The zero-order valence-electron chi connectivity index (χ0n) is 16.8. The third-order valence-corrected chi connectivity index (χ3v) is 4.72. The van der Waals surface area contributed by atoms with E-state index in [-0.39, 0.29) is 0 Å². The van der Waals surface area contributed by atoms with Gasteiger partial charge in [-0.2, -0.15) is 0 Å². The van der Waals surface area contributed by atoms with Gasteiger partial charge in [-0.1, -0.05) is 71.4 Å². The molecule has 0 bridgehead atoms. The summed E-state index contributed by atoms with van der Waals surface area (Å²) in [6, 6.07) is 23.2. The van der Waals surface area contributed by atoms with Crippen molar-refractivity contribution in [1.82, 2.24) is 0 Å². The summed E-state index contributed by atoms with van der Waals surface area (Å²) < 4.78 is 11.4. The van der Waals surface area contributed by atoms with Crippen LogP contribution in [0.15, 0.2) is 83.5 Å². The zero-order valence-corrected chi connectivity index (χ0v) is 16.8. The molecule has 5 heteroatoms. The molecule has 0 saturated heterocycles.